The third-order valence-electron chi connectivity index (χ3n) is 2.46. The molecule has 0 spiro atoms. The number of nitrogens with one attached hydrogen (secondary N) is 1. The molecule has 0 saturated heterocycles. The molecule has 15 heavy (non-hydrogen) atoms. The highest BCUT2D eigenvalue weighted by Crippen LogP contribution is 2.20. The number of rotatable bonds is 3. The third-order valence-corrected chi connectivity index (χ3v) is 2.46. The van der Waals surface area contributed by atoms with Crippen molar-refractivity contribution in [2.24, 2.45) is 5.73 Å². The molecule has 0 saturated carbocycles. The van der Waals surface area contributed by atoms with Crippen LogP contribution in [-0.4, -0.2) is 16.5 Å². The molecule has 1 heterocycles. The van der Waals surface area contributed by atoms with E-state index in [9.17, 15) is 0 Å². The van der Waals surface area contributed by atoms with Crippen LogP contribution in [0.4, 0.5) is 0 Å². The van der Waals surface area contributed by atoms with Gasteiger partial charge >= 0.3 is 0 Å². The molecule has 0 bridgehead atoms. The van der Waals surface area contributed by atoms with Crippen molar-refractivity contribution in [3.8, 4) is 11.3 Å². The first kappa shape index (κ1) is 9.93. The molecule has 0 aliphatic rings. The number of nitrogens with zero attached hydrogens (tertiary/aromatic N) is 1. The highest BCUT2D eigenvalue weighted by molar-refractivity contribution is 5.62. The largest absolute Gasteiger partial charge is 0.348 e. The topological polar surface area (TPSA) is 54.7 Å². The molecule has 3 N–H and O–H groups in total. The van der Waals surface area contributed by atoms with Crippen molar-refractivity contribution < 1.29 is 0 Å². The maximum Gasteiger partial charge on any atom is 0.0929 e. The average molecular weight is 201 g/mol. The van der Waals surface area contributed by atoms with Crippen molar-refractivity contribution in [2.45, 2.75) is 13.3 Å². The van der Waals surface area contributed by atoms with Crippen LogP contribution in [0.3, 0.4) is 0 Å². The van der Waals surface area contributed by atoms with Crippen molar-refractivity contribution in [1.29, 1.82) is 0 Å². The SMILES string of the molecule is Cc1[nH]cnc1-c1cccc(CCN)c1. The lowest BCUT2D eigenvalue weighted by molar-refractivity contribution is 0.969. The maximum absolute atomic E-state index is 5.54. The van der Waals surface area contributed by atoms with E-state index >= 15 is 0 Å². The van der Waals surface area contributed by atoms with Gasteiger partial charge in [0.25, 0.3) is 0 Å². The summed E-state index contributed by atoms with van der Waals surface area (Å²) in [5, 5.41) is 0. The van der Waals surface area contributed by atoms with Crippen molar-refractivity contribution in [2.75, 3.05) is 6.54 Å². The molecule has 2 aromatic rings. The Morgan fingerprint density at radius 2 is 2.27 bits per heavy atom. The smallest absolute Gasteiger partial charge is 0.0929 e. The number of aromatic nitrogens is 2. The Morgan fingerprint density at radius 3 is 2.93 bits per heavy atom. The van der Waals surface area contributed by atoms with Gasteiger partial charge in [-0.15, -0.1) is 0 Å². The number of imidazole rings is 1. The lowest BCUT2D eigenvalue weighted by atomic mass is 10.1. The second-order valence-electron chi connectivity index (χ2n) is 3.62. The Bertz CT molecular complexity index is 446. The van der Waals surface area contributed by atoms with Gasteiger partial charge in [0.05, 0.1) is 12.0 Å². The van der Waals surface area contributed by atoms with Crippen LogP contribution in [0.2, 0.25) is 0 Å². The van der Waals surface area contributed by atoms with Gasteiger partial charge in [-0.2, -0.15) is 0 Å². The van der Waals surface area contributed by atoms with Gasteiger partial charge in [-0.3, -0.25) is 0 Å². The Balaban J connectivity index is 2.37. The van der Waals surface area contributed by atoms with Gasteiger partial charge in [0.1, 0.15) is 0 Å². The van der Waals surface area contributed by atoms with E-state index in [0.717, 1.165) is 23.4 Å². The maximum atomic E-state index is 5.54. The van der Waals surface area contributed by atoms with E-state index in [1.54, 1.807) is 6.33 Å². The monoisotopic (exact) mass is 201 g/mol. The molecule has 0 aliphatic heterocycles. The number of aromatic amines is 1. The summed E-state index contributed by atoms with van der Waals surface area (Å²) in [5.41, 5.74) is 10.1. The number of nitrogens with two attached hydrogens (primary N) is 1. The van der Waals surface area contributed by atoms with Crippen LogP contribution in [-0.2, 0) is 6.42 Å². The molecule has 3 heteroatoms. The average Bonchev–Trinajstić information content (AvgIpc) is 2.65. The molecule has 0 aliphatic carbocycles. The number of benzene rings is 1. The van der Waals surface area contributed by atoms with Crippen LogP contribution in [0, 0.1) is 6.92 Å². The third kappa shape index (κ3) is 2.07. The molecule has 1 aromatic heterocycles. The summed E-state index contributed by atoms with van der Waals surface area (Å²) < 4.78 is 0. The molecule has 0 unspecified atom stereocenters. The van der Waals surface area contributed by atoms with E-state index in [2.05, 4.69) is 34.2 Å². The lowest BCUT2D eigenvalue weighted by Crippen LogP contribution is -2.02. The number of H-pyrrole nitrogens is 1. The highest BCUT2D eigenvalue weighted by Gasteiger charge is 2.04. The lowest BCUT2D eigenvalue weighted by Gasteiger charge is -2.02. The molecule has 0 fully saturated rings. The van der Waals surface area contributed by atoms with Crippen molar-refractivity contribution >= 4 is 0 Å². The van der Waals surface area contributed by atoms with Crippen molar-refractivity contribution in [1.82, 2.24) is 9.97 Å². The number of hydrogen-bond acceptors (Lipinski definition) is 2. The van der Waals surface area contributed by atoms with Gasteiger partial charge in [0, 0.05) is 11.3 Å². The Labute approximate surface area is 89.4 Å². The zero-order valence-electron chi connectivity index (χ0n) is 8.83. The van der Waals surface area contributed by atoms with Gasteiger partial charge in [-0.25, -0.2) is 4.98 Å². The second-order valence-corrected chi connectivity index (χ2v) is 3.62. The van der Waals surface area contributed by atoms with Crippen molar-refractivity contribution in [3.05, 3.63) is 41.9 Å². The van der Waals surface area contributed by atoms with Crippen LogP contribution in [0.25, 0.3) is 11.3 Å². The molecule has 2 rings (SSSR count). The van der Waals surface area contributed by atoms with Gasteiger partial charge in [0.2, 0.25) is 0 Å². The Hall–Kier alpha value is -1.61. The summed E-state index contributed by atoms with van der Waals surface area (Å²) in [4.78, 5) is 7.38. The fourth-order valence-electron chi connectivity index (χ4n) is 1.69. The van der Waals surface area contributed by atoms with Gasteiger partial charge < -0.3 is 10.7 Å². The quantitative estimate of drug-likeness (QED) is 0.796. The first-order chi connectivity index (χ1) is 7.31. The first-order valence-corrected chi connectivity index (χ1v) is 5.10. The summed E-state index contributed by atoms with van der Waals surface area (Å²) in [5.74, 6) is 0. The van der Waals surface area contributed by atoms with E-state index in [1.807, 2.05) is 6.92 Å². The minimum atomic E-state index is 0.684. The molecular weight excluding hydrogens is 186 g/mol. The summed E-state index contributed by atoms with van der Waals surface area (Å²) in [7, 11) is 0. The second kappa shape index (κ2) is 4.28. The van der Waals surface area contributed by atoms with Gasteiger partial charge in [-0.1, -0.05) is 18.2 Å². The zero-order chi connectivity index (χ0) is 10.7. The predicted molar refractivity (Wildman–Crippen MR) is 61.5 cm³/mol. The Kier molecular flexibility index (Phi) is 2.83. The fraction of sp³-hybridized carbons (Fsp3) is 0.250. The molecule has 0 atom stereocenters. The minimum absolute atomic E-state index is 0.684. The van der Waals surface area contributed by atoms with E-state index in [1.165, 1.54) is 5.56 Å². The van der Waals surface area contributed by atoms with Gasteiger partial charge in [0.15, 0.2) is 0 Å². The van der Waals surface area contributed by atoms with E-state index < -0.39 is 0 Å². The Morgan fingerprint density at radius 1 is 1.40 bits per heavy atom. The normalized spacial score (nSPS) is 10.5. The summed E-state index contributed by atoms with van der Waals surface area (Å²) in [6.07, 6.45) is 2.64. The standard InChI is InChI=1S/C12H15N3/c1-9-12(15-8-14-9)11-4-2-3-10(7-11)5-6-13/h2-4,7-8H,5-6,13H2,1H3,(H,14,15). The summed E-state index contributed by atoms with van der Waals surface area (Å²) in [6.45, 7) is 2.71. The minimum Gasteiger partial charge on any atom is -0.348 e. The summed E-state index contributed by atoms with van der Waals surface area (Å²) >= 11 is 0. The van der Waals surface area contributed by atoms with Crippen LogP contribution < -0.4 is 5.73 Å². The van der Waals surface area contributed by atoms with Gasteiger partial charge in [-0.05, 0) is 31.5 Å². The van der Waals surface area contributed by atoms with Crippen molar-refractivity contribution in [3.63, 3.8) is 0 Å². The zero-order valence-corrected chi connectivity index (χ0v) is 8.83. The predicted octanol–water partition coefficient (Wildman–Crippen LogP) is 1.89. The van der Waals surface area contributed by atoms with Crippen LogP contribution in [0.5, 0.6) is 0 Å². The number of hydrogen-bond donors (Lipinski definition) is 2. The highest BCUT2D eigenvalue weighted by atomic mass is 14.9. The molecule has 0 radical (unpaired) electrons. The molecular formula is C12H15N3. The van der Waals surface area contributed by atoms with E-state index in [-0.39, 0.29) is 0 Å². The first-order valence-electron chi connectivity index (χ1n) is 5.10. The number of aryl methyl sites for hydroxylation is 1. The van der Waals surface area contributed by atoms with E-state index in [0.29, 0.717) is 6.54 Å². The van der Waals surface area contributed by atoms with Crippen LogP contribution in [0.1, 0.15) is 11.3 Å². The summed E-state index contributed by atoms with van der Waals surface area (Å²) in [6, 6.07) is 8.37. The molecule has 78 valence electrons. The molecule has 0 amide bonds. The van der Waals surface area contributed by atoms with E-state index in [4.69, 9.17) is 5.73 Å². The van der Waals surface area contributed by atoms with Crippen LogP contribution in [0.15, 0.2) is 30.6 Å². The molecule has 3 nitrogen and oxygen atoms in total. The fourth-order valence-corrected chi connectivity index (χ4v) is 1.69. The van der Waals surface area contributed by atoms with Crippen LogP contribution >= 0.6 is 0 Å². The molecule has 1 aromatic carbocycles.